The molecular weight excluding hydrogens is 324 g/mol. The fourth-order valence-corrected chi connectivity index (χ4v) is 2.55. The maximum atomic E-state index is 12.4. The second-order valence-electron chi connectivity index (χ2n) is 5.57. The Labute approximate surface area is 150 Å². The Bertz CT molecular complexity index is 566. The Morgan fingerprint density at radius 2 is 1.50 bits per heavy atom. The molecule has 2 aromatic carbocycles. The average Bonchev–Trinajstić information content (AvgIpc) is 2.60. The monoisotopic (exact) mass is 348 g/mol. The molecule has 0 unspecified atom stereocenters. The van der Waals surface area contributed by atoms with Crippen LogP contribution in [-0.2, 0) is 15.1 Å². The van der Waals surface area contributed by atoms with Gasteiger partial charge in [0, 0.05) is 13.7 Å². The normalized spacial score (nSPS) is 10.8. The number of nitrogens with one attached hydrogen (secondary N) is 2. The first kappa shape index (κ1) is 20.2. The van der Waals surface area contributed by atoms with Gasteiger partial charge in [0.15, 0.2) is 0 Å². The Kier molecular flexibility index (Phi) is 8.47. The minimum atomic E-state index is -0.567. The van der Waals surface area contributed by atoms with E-state index >= 15 is 0 Å². The van der Waals surface area contributed by atoms with Crippen LogP contribution in [0.25, 0.3) is 0 Å². The second kappa shape index (κ2) is 10.1. The first-order valence-electron chi connectivity index (χ1n) is 7.78. The van der Waals surface area contributed by atoms with Gasteiger partial charge >= 0.3 is 0 Å². The van der Waals surface area contributed by atoms with Gasteiger partial charge in [-0.1, -0.05) is 60.7 Å². The molecule has 2 rings (SSSR count). The third kappa shape index (κ3) is 5.34. The van der Waals surface area contributed by atoms with Gasteiger partial charge in [-0.2, -0.15) is 0 Å². The van der Waals surface area contributed by atoms with Gasteiger partial charge in [0.25, 0.3) is 0 Å². The van der Waals surface area contributed by atoms with E-state index in [1.54, 1.807) is 7.11 Å². The fraction of sp³-hybridized carbons (Fsp3) is 0.316. The molecule has 0 aliphatic heterocycles. The number of rotatable bonds is 8. The SMILES string of the molecule is COCCNCC(=O)NC(C)(c1ccccc1)c1ccccc1.Cl. The van der Waals surface area contributed by atoms with Crippen LogP contribution in [0.4, 0.5) is 0 Å². The highest BCUT2D eigenvalue weighted by atomic mass is 35.5. The Balaban J connectivity index is 0.00000288. The number of hydrogen-bond donors (Lipinski definition) is 2. The van der Waals surface area contributed by atoms with E-state index in [2.05, 4.69) is 10.6 Å². The van der Waals surface area contributed by atoms with E-state index in [9.17, 15) is 4.79 Å². The summed E-state index contributed by atoms with van der Waals surface area (Å²) in [7, 11) is 1.64. The fourth-order valence-electron chi connectivity index (χ4n) is 2.55. The van der Waals surface area contributed by atoms with Crippen molar-refractivity contribution in [1.82, 2.24) is 10.6 Å². The number of hydrogen-bond acceptors (Lipinski definition) is 3. The zero-order valence-electron chi connectivity index (χ0n) is 14.1. The van der Waals surface area contributed by atoms with E-state index in [4.69, 9.17) is 4.74 Å². The predicted octanol–water partition coefficient (Wildman–Crippen LogP) is 2.72. The van der Waals surface area contributed by atoms with Gasteiger partial charge in [0.05, 0.1) is 18.7 Å². The highest BCUT2D eigenvalue weighted by molar-refractivity contribution is 5.85. The van der Waals surface area contributed by atoms with E-state index in [0.29, 0.717) is 13.2 Å². The van der Waals surface area contributed by atoms with E-state index in [-0.39, 0.29) is 24.9 Å². The number of ether oxygens (including phenoxy) is 1. The van der Waals surface area contributed by atoms with Crippen molar-refractivity contribution in [3.8, 4) is 0 Å². The Hall–Kier alpha value is -1.88. The van der Waals surface area contributed by atoms with E-state index in [1.807, 2.05) is 67.6 Å². The van der Waals surface area contributed by atoms with Crippen LogP contribution in [0.3, 0.4) is 0 Å². The Morgan fingerprint density at radius 3 is 1.96 bits per heavy atom. The molecule has 0 aliphatic rings. The van der Waals surface area contributed by atoms with Gasteiger partial charge in [-0.25, -0.2) is 0 Å². The number of halogens is 1. The lowest BCUT2D eigenvalue weighted by molar-refractivity contribution is -0.121. The molecule has 2 N–H and O–H groups in total. The minimum absolute atomic E-state index is 0. The van der Waals surface area contributed by atoms with Gasteiger partial charge in [0.2, 0.25) is 5.91 Å². The number of benzene rings is 2. The molecule has 0 spiro atoms. The van der Waals surface area contributed by atoms with Crippen LogP contribution in [0.15, 0.2) is 60.7 Å². The summed E-state index contributed by atoms with van der Waals surface area (Å²) in [5.74, 6) is -0.0451. The van der Waals surface area contributed by atoms with Gasteiger partial charge in [-0.05, 0) is 18.1 Å². The highest BCUT2D eigenvalue weighted by Gasteiger charge is 2.30. The third-order valence-electron chi connectivity index (χ3n) is 3.86. The van der Waals surface area contributed by atoms with Crippen LogP contribution >= 0.6 is 12.4 Å². The summed E-state index contributed by atoms with van der Waals surface area (Å²) in [5.41, 5.74) is 1.54. The summed E-state index contributed by atoms with van der Waals surface area (Å²) in [4.78, 5) is 12.4. The van der Waals surface area contributed by atoms with Crippen molar-refractivity contribution in [3.63, 3.8) is 0 Å². The van der Waals surface area contributed by atoms with Gasteiger partial charge in [-0.3, -0.25) is 4.79 Å². The molecule has 0 saturated carbocycles. The summed E-state index contributed by atoms with van der Waals surface area (Å²) >= 11 is 0. The average molecular weight is 349 g/mol. The maximum Gasteiger partial charge on any atom is 0.234 e. The molecule has 0 radical (unpaired) electrons. The van der Waals surface area contributed by atoms with Crippen molar-refractivity contribution < 1.29 is 9.53 Å². The largest absolute Gasteiger partial charge is 0.383 e. The van der Waals surface area contributed by atoms with Crippen molar-refractivity contribution in [2.75, 3.05) is 26.8 Å². The molecule has 4 nitrogen and oxygen atoms in total. The van der Waals surface area contributed by atoms with Crippen LogP contribution in [-0.4, -0.2) is 32.7 Å². The van der Waals surface area contributed by atoms with Gasteiger partial charge in [0.1, 0.15) is 0 Å². The molecule has 2 aromatic rings. The zero-order valence-corrected chi connectivity index (χ0v) is 14.9. The van der Waals surface area contributed by atoms with E-state index in [1.165, 1.54) is 0 Å². The lowest BCUT2D eigenvalue weighted by atomic mass is 9.84. The summed E-state index contributed by atoms with van der Waals surface area (Å²) in [6, 6.07) is 20.0. The van der Waals surface area contributed by atoms with Crippen molar-refractivity contribution in [2.24, 2.45) is 0 Å². The molecule has 0 bridgehead atoms. The van der Waals surface area contributed by atoms with E-state index < -0.39 is 5.54 Å². The van der Waals surface area contributed by atoms with Crippen molar-refractivity contribution in [1.29, 1.82) is 0 Å². The molecule has 0 saturated heterocycles. The maximum absolute atomic E-state index is 12.4. The van der Waals surface area contributed by atoms with Gasteiger partial charge < -0.3 is 15.4 Å². The summed E-state index contributed by atoms with van der Waals surface area (Å²) in [6.07, 6.45) is 0. The Morgan fingerprint density at radius 1 is 1.00 bits per heavy atom. The summed E-state index contributed by atoms with van der Waals surface area (Å²) in [5, 5.41) is 6.24. The molecule has 0 aromatic heterocycles. The lowest BCUT2D eigenvalue weighted by Crippen LogP contribution is -2.47. The molecule has 0 aliphatic carbocycles. The van der Waals surface area contributed by atoms with Crippen LogP contribution in [0.2, 0.25) is 0 Å². The lowest BCUT2D eigenvalue weighted by Gasteiger charge is -2.32. The van der Waals surface area contributed by atoms with Crippen LogP contribution in [0.1, 0.15) is 18.1 Å². The molecule has 130 valence electrons. The van der Waals surface area contributed by atoms with Crippen molar-refractivity contribution in [2.45, 2.75) is 12.5 Å². The number of methoxy groups -OCH3 is 1. The first-order valence-corrected chi connectivity index (χ1v) is 7.78. The smallest absolute Gasteiger partial charge is 0.234 e. The standard InChI is InChI=1S/C19H24N2O2.ClH/c1-19(16-9-5-3-6-10-16,17-11-7-4-8-12-17)21-18(22)15-20-13-14-23-2;/h3-12,20H,13-15H2,1-2H3,(H,21,22);1H. The quantitative estimate of drug-likeness (QED) is 0.721. The van der Waals surface area contributed by atoms with Crippen molar-refractivity contribution >= 4 is 18.3 Å². The molecule has 1 amide bonds. The topological polar surface area (TPSA) is 50.4 Å². The first-order chi connectivity index (χ1) is 11.2. The molecule has 0 fully saturated rings. The number of carbonyl (C=O) groups excluding carboxylic acids is 1. The van der Waals surface area contributed by atoms with Gasteiger partial charge in [-0.15, -0.1) is 12.4 Å². The number of carbonyl (C=O) groups is 1. The highest BCUT2D eigenvalue weighted by Crippen LogP contribution is 2.28. The summed E-state index contributed by atoms with van der Waals surface area (Å²) < 4.78 is 4.97. The molecular formula is C19H25ClN2O2. The summed E-state index contributed by atoms with van der Waals surface area (Å²) in [6.45, 7) is 3.53. The van der Waals surface area contributed by atoms with Crippen LogP contribution < -0.4 is 10.6 Å². The van der Waals surface area contributed by atoms with Crippen LogP contribution in [0, 0.1) is 0 Å². The molecule has 24 heavy (non-hydrogen) atoms. The number of amides is 1. The third-order valence-corrected chi connectivity index (χ3v) is 3.86. The zero-order chi connectivity index (χ0) is 16.5. The molecule has 5 heteroatoms. The minimum Gasteiger partial charge on any atom is -0.383 e. The predicted molar refractivity (Wildman–Crippen MR) is 99.5 cm³/mol. The van der Waals surface area contributed by atoms with Crippen LogP contribution in [0.5, 0.6) is 0 Å². The van der Waals surface area contributed by atoms with E-state index in [0.717, 1.165) is 11.1 Å². The van der Waals surface area contributed by atoms with Crippen molar-refractivity contribution in [3.05, 3.63) is 71.8 Å². The molecule has 0 atom stereocenters. The molecule has 0 heterocycles. The second-order valence-corrected chi connectivity index (χ2v) is 5.57.